The maximum absolute atomic E-state index is 4.27. The van der Waals surface area contributed by atoms with E-state index in [1.165, 1.54) is 67.3 Å². The Hall–Kier alpha value is -1.83. The number of aromatic nitrogens is 1. The SMILES string of the molecule is CCN(CC[N+]12CCN(CC1)CC2)c1ccc(/N=N/c2nccs2)cc1. The summed E-state index contributed by atoms with van der Waals surface area (Å²) in [6.45, 7) is 13.5. The largest absolute Gasteiger partial charge is 0.366 e. The average molecular weight is 372 g/mol. The Balaban J connectivity index is 1.37. The Morgan fingerprint density at radius 3 is 2.46 bits per heavy atom. The van der Waals surface area contributed by atoms with Crippen molar-refractivity contribution in [1.82, 2.24) is 9.88 Å². The van der Waals surface area contributed by atoms with E-state index >= 15 is 0 Å². The predicted molar refractivity (Wildman–Crippen MR) is 107 cm³/mol. The molecule has 3 saturated heterocycles. The summed E-state index contributed by atoms with van der Waals surface area (Å²) in [4.78, 5) is 9.21. The van der Waals surface area contributed by atoms with Gasteiger partial charge in [-0.25, -0.2) is 4.98 Å². The molecule has 0 saturated carbocycles. The smallest absolute Gasteiger partial charge is 0.229 e. The summed E-state index contributed by atoms with van der Waals surface area (Å²) in [6.07, 6.45) is 1.75. The van der Waals surface area contributed by atoms with Crippen molar-refractivity contribution in [1.29, 1.82) is 0 Å². The van der Waals surface area contributed by atoms with Crippen molar-refractivity contribution in [2.24, 2.45) is 10.2 Å². The number of quaternary nitrogens is 1. The Kier molecular flexibility index (Phi) is 5.28. The first kappa shape index (κ1) is 17.6. The molecule has 3 fully saturated rings. The topological polar surface area (TPSA) is 44.1 Å². The van der Waals surface area contributed by atoms with Gasteiger partial charge in [-0.2, -0.15) is 0 Å². The van der Waals surface area contributed by atoms with E-state index in [2.05, 4.69) is 44.1 Å². The van der Waals surface area contributed by atoms with Gasteiger partial charge in [0.05, 0.1) is 38.4 Å². The zero-order chi connectivity index (χ0) is 17.8. The molecule has 0 N–H and O–H groups in total. The number of fused-ring (bicyclic) bond motifs is 3. The van der Waals surface area contributed by atoms with Gasteiger partial charge in [-0.15, -0.1) is 21.6 Å². The summed E-state index contributed by atoms with van der Waals surface area (Å²) in [5, 5.41) is 11.0. The van der Waals surface area contributed by atoms with Crippen molar-refractivity contribution in [2.75, 3.05) is 63.8 Å². The molecule has 0 aliphatic carbocycles. The molecule has 1 aromatic carbocycles. The highest BCUT2D eigenvalue weighted by molar-refractivity contribution is 7.13. The van der Waals surface area contributed by atoms with Crippen LogP contribution < -0.4 is 4.90 Å². The van der Waals surface area contributed by atoms with E-state index in [0.29, 0.717) is 5.13 Å². The first-order valence-corrected chi connectivity index (χ1v) is 10.4. The van der Waals surface area contributed by atoms with Gasteiger partial charge in [-0.05, 0) is 31.2 Å². The van der Waals surface area contributed by atoms with E-state index in [1.54, 1.807) is 6.20 Å². The molecule has 3 aliphatic heterocycles. The quantitative estimate of drug-likeness (QED) is 0.552. The lowest BCUT2D eigenvalue weighted by molar-refractivity contribution is -0.939. The van der Waals surface area contributed by atoms with Crippen molar-refractivity contribution >= 4 is 27.8 Å². The van der Waals surface area contributed by atoms with Crippen LogP contribution in [-0.2, 0) is 0 Å². The van der Waals surface area contributed by atoms with Gasteiger partial charge >= 0.3 is 0 Å². The maximum atomic E-state index is 4.27. The van der Waals surface area contributed by atoms with Crippen LogP contribution >= 0.6 is 11.3 Å². The Morgan fingerprint density at radius 1 is 1.12 bits per heavy atom. The molecule has 0 spiro atoms. The third-order valence-corrected chi connectivity index (χ3v) is 6.44. The number of hydrogen-bond donors (Lipinski definition) is 0. The molecule has 26 heavy (non-hydrogen) atoms. The first-order valence-electron chi connectivity index (χ1n) is 9.50. The standard InChI is InChI=1S/C19H27N6S/c1-2-24(11-15-25-12-8-23(9-13-25)10-14-25)18-5-3-17(4-6-18)21-22-19-20-7-16-26-19/h3-7,16H,2,8-15H2,1H3/q+1/b22-21+. The van der Waals surface area contributed by atoms with Crippen LogP contribution in [0.4, 0.5) is 16.5 Å². The second kappa shape index (κ2) is 7.82. The molecule has 138 valence electrons. The lowest BCUT2D eigenvalue weighted by Crippen LogP contribution is -2.68. The fraction of sp³-hybridized carbons (Fsp3) is 0.526. The molecule has 0 radical (unpaired) electrons. The number of rotatable bonds is 7. The summed E-state index contributed by atoms with van der Waals surface area (Å²) in [7, 11) is 0. The molecule has 6 nitrogen and oxygen atoms in total. The van der Waals surface area contributed by atoms with E-state index < -0.39 is 0 Å². The summed E-state index contributed by atoms with van der Waals surface area (Å²) >= 11 is 1.49. The van der Waals surface area contributed by atoms with Crippen LogP contribution in [0.5, 0.6) is 0 Å². The van der Waals surface area contributed by atoms with Crippen molar-refractivity contribution in [3.8, 4) is 0 Å². The van der Waals surface area contributed by atoms with E-state index in [1.807, 2.05) is 17.5 Å². The van der Waals surface area contributed by atoms with Crippen LogP contribution in [0.1, 0.15) is 6.92 Å². The highest BCUT2D eigenvalue weighted by Gasteiger charge is 2.38. The third kappa shape index (κ3) is 3.95. The van der Waals surface area contributed by atoms with E-state index in [9.17, 15) is 0 Å². The summed E-state index contributed by atoms with van der Waals surface area (Å²) in [5.74, 6) is 0. The normalized spacial score (nSPS) is 25.0. The molecule has 0 atom stereocenters. The van der Waals surface area contributed by atoms with Crippen LogP contribution in [0, 0.1) is 0 Å². The summed E-state index contributed by atoms with van der Waals surface area (Å²) in [5.41, 5.74) is 2.14. The van der Waals surface area contributed by atoms with E-state index in [0.717, 1.165) is 18.8 Å². The third-order valence-electron chi connectivity index (χ3n) is 5.78. The van der Waals surface area contributed by atoms with Gasteiger partial charge in [-0.1, -0.05) is 0 Å². The van der Waals surface area contributed by atoms with Gasteiger partial charge in [0.25, 0.3) is 0 Å². The highest BCUT2D eigenvalue weighted by atomic mass is 32.1. The molecule has 2 bridgehead atoms. The zero-order valence-electron chi connectivity index (χ0n) is 15.4. The van der Waals surface area contributed by atoms with E-state index in [4.69, 9.17) is 0 Å². The second-order valence-electron chi connectivity index (χ2n) is 7.19. The van der Waals surface area contributed by atoms with Gasteiger partial charge < -0.3 is 9.38 Å². The lowest BCUT2D eigenvalue weighted by atomic mass is 10.1. The van der Waals surface area contributed by atoms with Gasteiger partial charge in [0.1, 0.15) is 0 Å². The molecular formula is C19H27N6S+. The van der Waals surface area contributed by atoms with Crippen molar-refractivity contribution < 1.29 is 4.48 Å². The van der Waals surface area contributed by atoms with Gasteiger partial charge in [0.15, 0.2) is 0 Å². The van der Waals surface area contributed by atoms with Crippen LogP contribution in [0.25, 0.3) is 0 Å². The number of hydrogen-bond acceptors (Lipinski definition) is 6. The average Bonchev–Trinajstić information content (AvgIpc) is 3.23. The second-order valence-corrected chi connectivity index (χ2v) is 8.06. The van der Waals surface area contributed by atoms with Crippen molar-refractivity contribution in [3.05, 3.63) is 35.8 Å². The zero-order valence-corrected chi connectivity index (χ0v) is 16.2. The Morgan fingerprint density at radius 2 is 1.85 bits per heavy atom. The molecule has 0 unspecified atom stereocenters. The first-order chi connectivity index (χ1) is 12.8. The molecule has 7 heteroatoms. The molecule has 4 heterocycles. The molecule has 5 rings (SSSR count). The number of azo groups is 1. The number of nitrogens with zero attached hydrogens (tertiary/aromatic N) is 6. The van der Waals surface area contributed by atoms with Crippen LogP contribution in [0.15, 0.2) is 46.1 Å². The summed E-state index contributed by atoms with van der Waals surface area (Å²) in [6, 6.07) is 8.41. The van der Waals surface area contributed by atoms with Crippen molar-refractivity contribution in [2.45, 2.75) is 6.92 Å². The van der Waals surface area contributed by atoms with E-state index in [-0.39, 0.29) is 0 Å². The monoisotopic (exact) mass is 371 g/mol. The maximum Gasteiger partial charge on any atom is 0.229 e. The fourth-order valence-corrected chi connectivity index (χ4v) is 4.42. The molecule has 3 aliphatic rings. The summed E-state index contributed by atoms with van der Waals surface area (Å²) < 4.78 is 1.31. The van der Waals surface area contributed by atoms with Crippen LogP contribution in [0.2, 0.25) is 0 Å². The minimum atomic E-state index is 0.694. The minimum absolute atomic E-state index is 0.694. The highest BCUT2D eigenvalue weighted by Crippen LogP contribution is 2.24. The molecular weight excluding hydrogens is 344 g/mol. The molecule has 0 amide bonds. The number of benzene rings is 1. The molecule has 2 aromatic rings. The van der Waals surface area contributed by atoms with Gasteiger partial charge in [0.2, 0.25) is 5.13 Å². The molecule has 1 aromatic heterocycles. The Bertz CT molecular complexity index is 705. The number of thiazole rings is 1. The van der Waals surface area contributed by atoms with Gasteiger partial charge in [-0.3, -0.25) is 4.90 Å². The number of piperazine rings is 3. The number of anilines is 1. The lowest BCUT2D eigenvalue weighted by Gasteiger charge is -2.51. The Labute approximate surface area is 159 Å². The number of likely N-dealkylation sites (N-methyl/N-ethyl adjacent to an activating group) is 1. The predicted octanol–water partition coefficient (Wildman–Crippen LogP) is 3.53. The minimum Gasteiger partial charge on any atom is -0.366 e. The van der Waals surface area contributed by atoms with Crippen LogP contribution in [-0.4, -0.2) is 73.3 Å². The van der Waals surface area contributed by atoms with Crippen LogP contribution in [0.3, 0.4) is 0 Å². The van der Waals surface area contributed by atoms with Crippen molar-refractivity contribution in [3.63, 3.8) is 0 Å². The van der Waals surface area contributed by atoms with Gasteiger partial charge in [0, 0.05) is 43.4 Å². The fourth-order valence-electron chi connectivity index (χ4n) is 3.97.